The summed E-state index contributed by atoms with van der Waals surface area (Å²) in [7, 11) is 1.54. The van der Waals surface area contributed by atoms with Crippen molar-refractivity contribution in [2.24, 2.45) is 0 Å². The Morgan fingerprint density at radius 1 is 0.760 bits per heavy atom. The van der Waals surface area contributed by atoms with Crippen LogP contribution in [0.4, 0.5) is 0 Å². The highest BCUT2D eigenvalue weighted by atomic mass is 16.5. The second-order valence-electron chi connectivity index (χ2n) is 5.30. The summed E-state index contributed by atoms with van der Waals surface area (Å²) in [5.74, 6) is 2.48. The number of hydrogen-bond acceptors (Lipinski definition) is 4. The first kappa shape index (κ1) is 16.6. The summed E-state index contributed by atoms with van der Waals surface area (Å²) in [6.07, 6.45) is 0. The summed E-state index contributed by atoms with van der Waals surface area (Å²) in [4.78, 5) is 12.3. The van der Waals surface area contributed by atoms with Gasteiger partial charge in [-0.15, -0.1) is 0 Å². The Kier molecular flexibility index (Phi) is 5.32. The lowest BCUT2D eigenvalue weighted by molar-refractivity contribution is 0.0918. The zero-order chi connectivity index (χ0) is 17.5. The quantitative estimate of drug-likeness (QED) is 0.585. The molecule has 0 unspecified atom stereocenters. The lowest BCUT2D eigenvalue weighted by atomic mass is 10.1. The zero-order valence-electron chi connectivity index (χ0n) is 13.8. The summed E-state index contributed by atoms with van der Waals surface area (Å²) in [5.41, 5.74) is 0.508. The van der Waals surface area contributed by atoms with Crippen molar-refractivity contribution in [2.45, 2.75) is 0 Å². The minimum atomic E-state index is -0.137. The molecule has 0 aliphatic carbocycles. The van der Waals surface area contributed by atoms with Gasteiger partial charge in [0.1, 0.15) is 23.0 Å². The minimum absolute atomic E-state index is 0.0563. The standard InChI is InChI=1S/C21H18O4/c1-23-21-10-6-5-9-19(21)20(22)15-24-16-11-13-18(14-12-16)25-17-7-3-2-4-8-17/h2-14H,15H2,1H3. The molecular weight excluding hydrogens is 316 g/mol. The number of carbonyl (C=O) groups excluding carboxylic acids is 1. The number of ether oxygens (including phenoxy) is 3. The van der Waals surface area contributed by atoms with Gasteiger partial charge in [0.25, 0.3) is 0 Å². The van der Waals surface area contributed by atoms with Gasteiger partial charge in [-0.1, -0.05) is 30.3 Å². The Labute approximate surface area is 146 Å². The van der Waals surface area contributed by atoms with Gasteiger partial charge < -0.3 is 14.2 Å². The van der Waals surface area contributed by atoms with Crippen molar-refractivity contribution in [3.8, 4) is 23.0 Å². The van der Waals surface area contributed by atoms with Crippen LogP contribution in [0.1, 0.15) is 10.4 Å². The second kappa shape index (κ2) is 8.02. The minimum Gasteiger partial charge on any atom is -0.496 e. The molecule has 0 amide bonds. The smallest absolute Gasteiger partial charge is 0.203 e. The van der Waals surface area contributed by atoms with Crippen LogP contribution >= 0.6 is 0 Å². The van der Waals surface area contributed by atoms with E-state index in [2.05, 4.69) is 0 Å². The van der Waals surface area contributed by atoms with Gasteiger partial charge in [0.15, 0.2) is 6.61 Å². The predicted molar refractivity (Wildman–Crippen MR) is 95.8 cm³/mol. The van der Waals surface area contributed by atoms with E-state index in [1.165, 1.54) is 0 Å². The molecule has 0 radical (unpaired) electrons. The molecule has 3 aromatic rings. The molecule has 0 saturated heterocycles. The molecule has 0 aliphatic rings. The average Bonchev–Trinajstić information content (AvgIpc) is 2.68. The monoisotopic (exact) mass is 334 g/mol. The van der Waals surface area contributed by atoms with Crippen molar-refractivity contribution < 1.29 is 19.0 Å². The van der Waals surface area contributed by atoms with E-state index in [4.69, 9.17) is 14.2 Å². The van der Waals surface area contributed by atoms with E-state index in [1.54, 1.807) is 49.6 Å². The number of carbonyl (C=O) groups is 1. The highest BCUT2D eigenvalue weighted by Gasteiger charge is 2.12. The fourth-order valence-electron chi connectivity index (χ4n) is 2.33. The molecule has 0 atom stereocenters. The zero-order valence-corrected chi connectivity index (χ0v) is 13.8. The van der Waals surface area contributed by atoms with Crippen LogP contribution in [0.15, 0.2) is 78.9 Å². The van der Waals surface area contributed by atoms with Crippen molar-refractivity contribution in [2.75, 3.05) is 13.7 Å². The third-order valence-corrected chi connectivity index (χ3v) is 3.58. The van der Waals surface area contributed by atoms with Gasteiger partial charge in [0, 0.05) is 0 Å². The van der Waals surface area contributed by atoms with Crippen LogP contribution in [0.5, 0.6) is 23.0 Å². The van der Waals surface area contributed by atoms with Crippen LogP contribution in [-0.2, 0) is 0 Å². The van der Waals surface area contributed by atoms with Crippen LogP contribution in [0.25, 0.3) is 0 Å². The molecule has 0 heterocycles. The number of hydrogen-bond donors (Lipinski definition) is 0. The second-order valence-corrected chi connectivity index (χ2v) is 5.30. The van der Waals surface area contributed by atoms with Gasteiger partial charge in [-0.2, -0.15) is 0 Å². The van der Waals surface area contributed by atoms with Gasteiger partial charge in [-0.05, 0) is 48.5 Å². The number of ketones is 1. The van der Waals surface area contributed by atoms with Crippen LogP contribution in [0, 0.1) is 0 Å². The Morgan fingerprint density at radius 3 is 2.08 bits per heavy atom. The Balaban J connectivity index is 1.59. The molecule has 0 spiro atoms. The molecule has 3 rings (SSSR count). The van der Waals surface area contributed by atoms with Crippen molar-refractivity contribution >= 4 is 5.78 Å². The normalized spacial score (nSPS) is 10.1. The molecule has 0 fully saturated rings. The number of rotatable bonds is 7. The number of methoxy groups -OCH3 is 1. The van der Waals surface area contributed by atoms with E-state index in [0.717, 1.165) is 5.75 Å². The van der Waals surface area contributed by atoms with Gasteiger partial charge >= 0.3 is 0 Å². The molecule has 0 aliphatic heterocycles. The first-order chi connectivity index (χ1) is 12.3. The fourth-order valence-corrected chi connectivity index (χ4v) is 2.33. The number of benzene rings is 3. The SMILES string of the molecule is COc1ccccc1C(=O)COc1ccc(Oc2ccccc2)cc1. The van der Waals surface area contributed by atoms with Crippen LogP contribution in [0.3, 0.4) is 0 Å². The Bertz CT molecular complexity index is 826. The molecule has 0 aromatic heterocycles. The van der Waals surface area contributed by atoms with E-state index < -0.39 is 0 Å². The Morgan fingerprint density at radius 2 is 1.36 bits per heavy atom. The summed E-state index contributed by atoms with van der Waals surface area (Å²) >= 11 is 0. The first-order valence-electron chi connectivity index (χ1n) is 7.88. The van der Waals surface area contributed by atoms with Gasteiger partial charge in [0.05, 0.1) is 12.7 Å². The predicted octanol–water partition coefficient (Wildman–Crippen LogP) is 4.75. The van der Waals surface area contributed by atoms with Gasteiger partial charge in [0.2, 0.25) is 5.78 Å². The lowest BCUT2D eigenvalue weighted by Crippen LogP contribution is -2.12. The maximum Gasteiger partial charge on any atom is 0.203 e. The molecule has 0 N–H and O–H groups in total. The van der Waals surface area contributed by atoms with E-state index in [-0.39, 0.29) is 12.4 Å². The van der Waals surface area contributed by atoms with E-state index in [1.807, 2.05) is 36.4 Å². The fraction of sp³-hybridized carbons (Fsp3) is 0.0952. The largest absolute Gasteiger partial charge is 0.496 e. The maximum absolute atomic E-state index is 12.3. The van der Waals surface area contributed by atoms with E-state index >= 15 is 0 Å². The topological polar surface area (TPSA) is 44.8 Å². The number of para-hydroxylation sites is 2. The molecule has 4 nitrogen and oxygen atoms in total. The summed E-state index contributed by atoms with van der Waals surface area (Å²) in [5, 5.41) is 0. The third-order valence-electron chi connectivity index (χ3n) is 3.58. The maximum atomic E-state index is 12.3. The summed E-state index contributed by atoms with van der Waals surface area (Å²) in [6, 6.07) is 23.8. The molecule has 4 heteroatoms. The summed E-state index contributed by atoms with van der Waals surface area (Å²) < 4.78 is 16.5. The molecule has 3 aromatic carbocycles. The Hall–Kier alpha value is -3.27. The van der Waals surface area contributed by atoms with Crippen molar-refractivity contribution in [3.05, 3.63) is 84.4 Å². The van der Waals surface area contributed by atoms with Crippen molar-refractivity contribution in [1.82, 2.24) is 0 Å². The van der Waals surface area contributed by atoms with Crippen molar-refractivity contribution in [3.63, 3.8) is 0 Å². The molecular formula is C21H18O4. The van der Waals surface area contributed by atoms with E-state index in [0.29, 0.717) is 22.8 Å². The highest BCUT2D eigenvalue weighted by Crippen LogP contribution is 2.24. The first-order valence-corrected chi connectivity index (χ1v) is 7.88. The van der Waals surface area contributed by atoms with Crippen LogP contribution < -0.4 is 14.2 Å². The van der Waals surface area contributed by atoms with Gasteiger partial charge in [-0.3, -0.25) is 4.79 Å². The number of Topliss-reactive ketones (excluding diaryl/α,β-unsaturated/α-hetero) is 1. The lowest BCUT2D eigenvalue weighted by Gasteiger charge is -2.10. The van der Waals surface area contributed by atoms with Crippen LogP contribution in [0.2, 0.25) is 0 Å². The molecule has 126 valence electrons. The average molecular weight is 334 g/mol. The highest BCUT2D eigenvalue weighted by molar-refractivity contribution is 5.99. The van der Waals surface area contributed by atoms with E-state index in [9.17, 15) is 4.79 Å². The van der Waals surface area contributed by atoms with Crippen LogP contribution in [-0.4, -0.2) is 19.5 Å². The molecule has 0 saturated carbocycles. The van der Waals surface area contributed by atoms with Gasteiger partial charge in [-0.25, -0.2) is 0 Å². The molecule has 25 heavy (non-hydrogen) atoms. The molecule has 0 bridgehead atoms. The third kappa shape index (κ3) is 4.38. The summed E-state index contributed by atoms with van der Waals surface area (Å²) in [6.45, 7) is -0.0563. The van der Waals surface area contributed by atoms with Crippen molar-refractivity contribution in [1.29, 1.82) is 0 Å².